The zero-order valence-electron chi connectivity index (χ0n) is 9.58. The van der Waals surface area contributed by atoms with Crippen molar-refractivity contribution in [2.45, 2.75) is 6.42 Å². The topological polar surface area (TPSA) is 104 Å². The highest BCUT2D eigenvalue weighted by Gasteiger charge is 2.13. The zero-order chi connectivity index (χ0) is 13.7. The van der Waals surface area contributed by atoms with Gasteiger partial charge in [-0.25, -0.2) is 4.79 Å². The summed E-state index contributed by atoms with van der Waals surface area (Å²) in [5.41, 5.74) is 0.179. The third-order valence-electron chi connectivity index (χ3n) is 2.18. The van der Waals surface area contributed by atoms with Crippen LogP contribution in [0.25, 0.3) is 6.08 Å². The van der Waals surface area contributed by atoms with Crippen LogP contribution in [-0.4, -0.2) is 34.4 Å². The number of ether oxygens (including phenoxy) is 1. The van der Waals surface area contributed by atoms with Gasteiger partial charge in [0.15, 0.2) is 11.5 Å². The molecule has 0 amide bonds. The first kappa shape index (κ1) is 13.6. The summed E-state index contributed by atoms with van der Waals surface area (Å²) in [6, 6.07) is 3.82. The van der Waals surface area contributed by atoms with Gasteiger partial charge >= 0.3 is 11.9 Å². The Labute approximate surface area is 103 Å². The van der Waals surface area contributed by atoms with E-state index < -0.39 is 11.9 Å². The number of aromatic hydroxyl groups is 2. The van der Waals surface area contributed by atoms with E-state index in [4.69, 9.17) is 10.2 Å². The number of rotatable bonds is 4. The average molecular weight is 252 g/mol. The molecule has 0 atom stereocenters. The van der Waals surface area contributed by atoms with Crippen molar-refractivity contribution in [3.8, 4) is 11.5 Å². The normalized spacial score (nSPS) is 11.1. The first-order valence-corrected chi connectivity index (χ1v) is 4.96. The lowest BCUT2D eigenvalue weighted by molar-refractivity contribution is -0.142. The highest BCUT2D eigenvalue weighted by molar-refractivity contribution is 5.97. The average Bonchev–Trinajstić information content (AvgIpc) is 2.32. The molecule has 0 heterocycles. The molecule has 18 heavy (non-hydrogen) atoms. The summed E-state index contributed by atoms with van der Waals surface area (Å²) in [6.07, 6.45) is 0.839. The van der Waals surface area contributed by atoms with Gasteiger partial charge in [0.25, 0.3) is 0 Å². The van der Waals surface area contributed by atoms with Gasteiger partial charge < -0.3 is 20.1 Å². The summed E-state index contributed by atoms with van der Waals surface area (Å²) in [4.78, 5) is 21.9. The Morgan fingerprint density at radius 3 is 2.44 bits per heavy atom. The lowest BCUT2D eigenvalue weighted by Gasteiger charge is -2.03. The monoisotopic (exact) mass is 252 g/mol. The molecule has 6 nitrogen and oxygen atoms in total. The Morgan fingerprint density at radius 1 is 1.28 bits per heavy atom. The predicted molar refractivity (Wildman–Crippen MR) is 62.0 cm³/mol. The Kier molecular flexibility index (Phi) is 4.31. The molecule has 0 radical (unpaired) electrons. The van der Waals surface area contributed by atoms with Crippen LogP contribution in [0.1, 0.15) is 12.0 Å². The number of benzene rings is 1. The van der Waals surface area contributed by atoms with E-state index in [0.717, 1.165) is 7.11 Å². The molecule has 1 aromatic rings. The highest BCUT2D eigenvalue weighted by Crippen LogP contribution is 2.26. The lowest BCUT2D eigenvalue weighted by Crippen LogP contribution is -2.08. The predicted octanol–water partition coefficient (Wildman–Crippen LogP) is 1.13. The summed E-state index contributed by atoms with van der Waals surface area (Å²) < 4.78 is 4.38. The van der Waals surface area contributed by atoms with Gasteiger partial charge in [-0.3, -0.25) is 4.79 Å². The van der Waals surface area contributed by atoms with E-state index in [1.807, 2.05) is 0 Å². The fraction of sp³-hybridized carbons (Fsp3) is 0.167. The second-order valence-electron chi connectivity index (χ2n) is 3.48. The van der Waals surface area contributed by atoms with Crippen molar-refractivity contribution in [2.24, 2.45) is 0 Å². The van der Waals surface area contributed by atoms with Crippen molar-refractivity contribution in [1.29, 1.82) is 0 Å². The van der Waals surface area contributed by atoms with Gasteiger partial charge in [-0.05, 0) is 23.8 Å². The number of hydrogen-bond donors (Lipinski definition) is 3. The molecule has 6 heteroatoms. The second kappa shape index (κ2) is 5.72. The maximum Gasteiger partial charge on any atom is 0.332 e. The Hall–Kier alpha value is -2.50. The summed E-state index contributed by atoms with van der Waals surface area (Å²) in [6.45, 7) is 0. The second-order valence-corrected chi connectivity index (χ2v) is 3.48. The Morgan fingerprint density at radius 2 is 1.94 bits per heavy atom. The van der Waals surface area contributed by atoms with Crippen molar-refractivity contribution < 1.29 is 29.6 Å². The minimum Gasteiger partial charge on any atom is -0.504 e. The Balaban J connectivity index is 3.04. The number of aliphatic carboxylic acids is 1. The van der Waals surface area contributed by atoms with E-state index in [9.17, 15) is 14.7 Å². The maximum atomic E-state index is 11.0. The van der Waals surface area contributed by atoms with Crippen LogP contribution < -0.4 is 0 Å². The molecule has 1 aromatic carbocycles. The van der Waals surface area contributed by atoms with Crippen molar-refractivity contribution in [3.63, 3.8) is 0 Å². The third-order valence-corrected chi connectivity index (χ3v) is 2.18. The first-order valence-electron chi connectivity index (χ1n) is 4.96. The standard InChI is InChI=1S/C12H12O6/c1-18-11(15)6-8(12(16)17)4-7-2-3-9(13)10(14)5-7/h2-5,13-14H,6H2,1H3,(H,16,17). The van der Waals surface area contributed by atoms with E-state index >= 15 is 0 Å². The van der Waals surface area contributed by atoms with Crippen molar-refractivity contribution in [2.75, 3.05) is 7.11 Å². The van der Waals surface area contributed by atoms with Crippen molar-refractivity contribution in [1.82, 2.24) is 0 Å². The van der Waals surface area contributed by atoms with Gasteiger partial charge in [0.05, 0.1) is 13.5 Å². The maximum absolute atomic E-state index is 11.0. The molecule has 0 saturated heterocycles. The van der Waals surface area contributed by atoms with Crippen LogP contribution in [0.5, 0.6) is 11.5 Å². The quantitative estimate of drug-likeness (QED) is 0.421. The molecule has 0 fully saturated rings. The SMILES string of the molecule is COC(=O)CC(=Cc1ccc(O)c(O)c1)C(=O)O. The molecule has 96 valence electrons. The van der Waals surface area contributed by atoms with Crippen molar-refractivity contribution >= 4 is 18.0 Å². The van der Waals surface area contributed by atoms with E-state index in [0.29, 0.717) is 5.56 Å². The molecular weight excluding hydrogens is 240 g/mol. The molecule has 3 N–H and O–H groups in total. The molecule has 0 aliphatic heterocycles. The molecule has 0 spiro atoms. The van der Waals surface area contributed by atoms with Gasteiger partial charge in [-0.15, -0.1) is 0 Å². The van der Waals surface area contributed by atoms with Crippen LogP contribution in [0.15, 0.2) is 23.8 Å². The number of carbonyl (C=O) groups excluding carboxylic acids is 1. The molecule has 0 aliphatic rings. The van der Waals surface area contributed by atoms with E-state index in [1.165, 1.54) is 24.3 Å². The number of esters is 1. The van der Waals surface area contributed by atoms with Crippen LogP contribution in [0.3, 0.4) is 0 Å². The number of carboxylic acids is 1. The first-order chi connectivity index (χ1) is 8.43. The number of hydrogen-bond acceptors (Lipinski definition) is 5. The number of carboxylic acid groups (broad SMARTS) is 1. The molecule has 0 aromatic heterocycles. The van der Waals surface area contributed by atoms with Crippen LogP contribution in [-0.2, 0) is 14.3 Å². The van der Waals surface area contributed by atoms with E-state index in [2.05, 4.69) is 4.74 Å². The highest BCUT2D eigenvalue weighted by atomic mass is 16.5. The van der Waals surface area contributed by atoms with Crippen LogP contribution >= 0.6 is 0 Å². The van der Waals surface area contributed by atoms with E-state index in [1.54, 1.807) is 0 Å². The van der Waals surface area contributed by atoms with Crippen LogP contribution in [0.2, 0.25) is 0 Å². The fourth-order valence-electron chi connectivity index (χ4n) is 1.25. The molecular formula is C12H12O6. The third kappa shape index (κ3) is 3.51. The van der Waals surface area contributed by atoms with Gasteiger partial charge in [0.2, 0.25) is 0 Å². The number of methoxy groups -OCH3 is 1. The molecule has 0 aliphatic carbocycles. The largest absolute Gasteiger partial charge is 0.504 e. The number of phenolic OH excluding ortho intramolecular Hbond substituents is 2. The molecule has 0 saturated carbocycles. The van der Waals surface area contributed by atoms with Crippen molar-refractivity contribution in [3.05, 3.63) is 29.3 Å². The molecule has 1 rings (SSSR count). The van der Waals surface area contributed by atoms with Crippen LogP contribution in [0.4, 0.5) is 0 Å². The minimum absolute atomic E-state index is 0.174. The summed E-state index contributed by atoms with van der Waals surface area (Å²) in [5, 5.41) is 27.3. The Bertz CT molecular complexity index is 503. The van der Waals surface area contributed by atoms with Gasteiger partial charge in [0, 0.05) is 5.57 Å². The zero-order valence-corrected chi connectivity index (χ0v) is 9.58. The number of carbonyl (C=O) groups is 2. The van der Waals surface area contributed by atoms with Gasteiger partial charge in [0.1, 0.15) is 0 Å². The van der Waals surface area contributed by atoms with E-state index in [-0.39, 0.29) is 23.5 Å². The molecule has 0 unspecified atom stereocenters. The van der Waals surface area contributed by atoms with Gasteiger partial charge in [-0.2, -0.15) is 0 Å². The van der Waals surface area contributed by atoms with Gasteiger partial charge in [-0.1, -0.05) is 6.07 Å². The number of phenols is 2. The minimum atomic E-state index is -1.26. The summed E-state index contributed by atoms with van der Waals surface area (Å²) >= 11 is 0. The summed E-state index contributed by atoms with van der Waals surface area (Å²) in [5.74, 6) is -2.61. The summed E-state index contributed by atoms with van der Waals surface area (Å²) in [7, 11) is 1.16. The molecule has 0 bridgehead atoms. The fourth-order valence-corrected chi connectivity index (χ4v) is 1.25. The smallest absolute Gasteiger partial charge is 0.332 e. The lowest BCUT2D eigenvalue weighted by atomic mass is 10.1. The van der Waals surface area contributed by atoms with Crippen LogP contribution in [0, 0.1) is 0 Å².